The third kappa shape index (κ3) is 4.62. The average molecular weight is 381 g/mol. The molecule has 2 aromatic carbocycles. The van der Waals surface area contributed by atoms with Crippen LogP contribution >= 0.6 is 15.9 Å². The van der Waals surface area contributed by atoms with Crippen LogP contribution in [0.4, 0.5) is 0 Å². The van der Waals surface area contributed by atoms with Gasteiger partial charge in [-0.1, -0.05) is 18.2 Å². The zero-order valence-electron chi connectivity index (χ0n) is 14.6. The summed E-state index contributed by atoms with van der Waals surface area (Å²) >= 11 is 3.46. The van der Waals surface area contributed by atoms with Crippen molar-refractivity contribution in [3.8, 4) is 17.2 Å². The van der Waals surface area contributed by atoms with Crippen molar-refractivity contribution in [2.45, 2.75) is 13.0 Å². The van der Waals surface area contributed by atoms with Gasteiger partial charge in [-0.25, -0.2) is 0 Å². The van der Waals surface area contributed by atoms with E-state index in [2.05, 4.69) is 15.9 Å². The Bertz CT molecular complexity index is 681. The van der Waals surface area contributed by atoms with E-state index in [1.54, 1.807) is 21.3 Å². The van der Waals surface area contributed by atoms with E-state index in [1.165, 1.54) is 5.31 Å². The first-order valence-electron chi connectivity index (χ1n) is 7.79. The molecule has 0 aliphatic carbocycles. The lowest BCUT2D eigenvalue weighted by Crippen LogP contribution is -2.17. The number of hydrogen-bond donors (Lipinski definition) is 1. The molecule has 0 saturated carbocycles. The van der Waals surface area contributed by atoms with E-state index >= 15 is 0 Å². The first-order valence-corrected chi connectivity index (χ1v) is 8.14. The van der Waals surface area contributed by atoms with Crippen LogP contribution in [0.5, 0.6) is 17.2 Å². The number of methoxy groups -OCH3 is 3. The Labute approximate surface area is 147 Å². The Hall–Kier alpha value is -1.72. The minimum Gasteiger partial charge on any atom is -0.496 e. The predicted molar refractivity (Wildman–Crippen MR) is 95.7 cm³/mol. The Morgan fingerprint density at radius 1 is 0.957 bits per heavy atom. The molecule has 0 bridgehead atoms. The van der Waals surface area contributed by atoms with E-state index in [1.807, 2.05) is 36.4 Å². The second kappa shape index (κ2) is 8.79. The van der Waals surface area contributed by atoms with Gasteiger partial charge in [0.1, 0.15) is 18.7 Å². The quantitative estimate of drug-likeness (QED) is 0.755. The lowest BCUT2D eigenvalue weighted by molar-refractivity contribution is 0.396. The summed E-state index contributed by atoms with van der Waals surface area (Å²) in [6, 6.07) is 11.6. The van der Waals surface area contributed by atoms with Crippen molar-refractivity contribution in [1.82, 2.24) is 5.31 Å². The highest BCUT2D eigenvalue weighted by Crippen LogP contribution is 2.32. The van der Waals surface area contributed by atoms with Crippen molar-refractivity contribution in [2.75, 3.05) is 27.9 Å². The van der Waals surface area contributed by atoms with Crippen molar-refractivity contribution in [3.63, 3.8) is 0 Å². The summed E-state index contributed by atoms with van der Waals surface area (Å²) in [5.74, 6) is 2.35. The van der Waals surface area contributed by atoms with Gasteiger partial charge >= 0.3 is 0 Å². The van der Waals surface area contributed by atoms with Gasteiger partial charge in [-0.05, 0) is 52.7 Å². The first-order chi connectivity index (χ1) is 11.6. The van der Waals surface area contributed by atoms with Crippen LogP contribution in [0.2, 0.25) is 1.41 Å². The third-order valence-corrected chi connectivity index (χ3v) is 4.19. The van der Waals surface area contributed by atoms with E-state index in [9.17, 15) is 0 Å². The maximum absolute atomic E-state index is 8.20. The van der Waals surface area contributed by atoms with E-state index < -0.39 is 0 Å². The zero-order chi connectivity index (χ0) is 17.5. The normalized spacial score (nSPS) is 11.3. The molecule has 1 N–H and O–H groups in total. The van der Waals surface area contributed by atoms with Gasteiger partial charge in [0.05, 0.1) is 25.8 Å². The highest BCUT2D eigenvalue weighted by molar-refractivity contribution is 9.10. The standard InChI is InChI=1S/C18H22BrNO3/c1-21-16-7-5-4-6-14(16)12-20-9-8-13-10-18(23-3)15(19)11-17(13)22-2/h4-7,10-11,20H,8-9,12H2,1-3H3/i/hD. The molecule has 23 heavy (non-hydrogen) atoms. The molecule has 0 unspecified atom stereocenters. The van der Waals surface area contributed by atoms with Gasteiger partial charge in [0.2, 0.25) is 0 Å². The number of benzene rings is 2. The van der Waals surface area contributed by atoms with Crippen LogP contribution < -0.4 is 19.5 Å². The lowest BCUT2D eigenvalue weighted by atomic mass is 10.1. The molecule has 2 rings (SSSR count). The van der Waals surface area contributed by atoms with E-state index in [0.717, 1.165) is 32.8 Å². The van der Waals surface area contributed by atoms with Crippen LogP contribution in [0, 0.1) is 0 Å². The number of nitrogens with one attached hydrogen (secondary N) is 1. The Morgan fingerprint density at radius 2 is 1.65 bits per heavy atom. The van der Waals surface area contributed by atoms with Crippen LogP contribution in [-0.2, 0) is 13.0 Å². The number of hydrogen-bond acceptors (Lipinski definition) is 4. The summed E-state index contributed by atoms with van der Waals surface area (Å²) in [4.78, 5) is 0. The highest BCUT2D eigenvalue weighted by atomic mass is 79.9. The van der Waals surface area contributed by atoms with Crippen molar-refractivity contribution >= 4 is 15.9 Å². The molecule has 124 valence electrons. The molecule has 0 saturated heterocycles. The maximum Gasteiger partial charge on any atom is 0.133 e. The molecule has 0 amide bonds. The molecule has 4 nitrogen and oxygen atoms in total. The smallest absolute Gasteiger partial charge is 0.133 e. The molecule has 5 heteroatoms. The van der Waals surface area contributed by atoms with Gasteiger partial charge in [-0.3, -0.25) is 0 Å². The molecule has 2 aromatic rings. The van der Waals surface area contributed by atoms with Crippen LogP contribution in [0.25, 0.3) is 0 Å². The maximum atomic E-state index is 8.20. The minimum atomic E-state index is 0.500. The molecule has 0 aromatic heterocycles. The second-order valence-electron chi connectivity index (χ2n) is 4.97. The number of rotatable bonds is 8. The summed E-state index contributed by atoms with van der Waals surface area (Å²) in [5, 5.41) is 1.52. The van der Waals surface area contributed by atoms with Crippen molar-refractivity contribution < 1.29 is 15.6 Å². The molecule has 0 atom stereocenters. The fourth-order valence-electron chi connectivity index (χ4n) is 2.35. The highest BCUT2D eigenvalue weighted by Gasteiger charge is 2.09. The lowest BCUT2D eigenvalue weighted by Gasteiger charge is -2.13. The van der Waals surface area contributed by atoms with E-state index in [0.29, 0.717) is 19.5 Å². The fraction of sp³-hybridized carbons (Fsp3) is 0.333. The third-order valence-electron chi connectivity index (χ3n) is 3.57. The summed E-state index contributed by atoms with van der Waals surface area (Å²) in [5.41, 5.74) is 2.00. The summed E-state index contributed by atoms with van der Waals surface area (Å²) in [7, 11) is 4.92. The van der Waals surface area contributed by atoms with Gasteiger partial charge in [0.25, 0.3) is 0 Å². The molecule has 0 spiro atoms. The SMILES string of the molecule is [2H]N(CCc1cc(OC)c(Br)cc1OC)Cc1ccccc1OC. The van der Waals surface area contributed by atoms with Crippen molar-refractivity contribution in [3.05, 3.63) is 52.0 Å². The number of halogens is 1. The second-order valence-corrected chi connectivity index (χ2v) is 5.82. The van der Waals surface area contributed by atoms with E-state index in [4.69, 9.17) is 15.6 Å². The van der Waals surface area contributed by atoms with Crippen LogP contribution in [0.15, 0.2) is 40.9 Å². The molecule has 0 aliphatic heterocycles. The van der Waals surface area contributed by atoms with E-state index in [-0.39, 0.29) is 0 Å². The summed E-state index contributed by atoms with van der Waals surface area (Å²) < 4.78 is 25.1. The molecule has 0 aliphatic rings. The minimum absolute atomic E-state index is 0.500. The summed E-state index contributed by atoms with van der Waals surface area (Å²) in [6.45, 7) is 1.07. The molecule has 0 radical (unpaired) electrons. The predicted octanol–water partition coefficient (Wildman–Crippen LogP) is 3.81. The monoisotopic (exact) mass is 380 g/mol. The zero-order valence-corrected chi connectivity index (χ0v) is 15.2. The Kier molecular flexibility index (Phi) is 6.17. The van der Waals surface area contributed by atoms with Gasteiger partial charge in [0, 0.05) is 12.1 Å². The number of para-hydroxylation sites is 1. The van der Waals surface area contributed by atoms with Gasteiger partial charge in [-0.15, -0.1) is 0 Å². The molecule has 0 fully saturated rings. The van der Waals surface area contributed by atoms with Crippen LogP contribution in [0.1, 0.15) is 11.1 Å². The largest absolute Gasteiger partial charge is 0.496 e. The molecular formula is C18H22BrNO3. The Balaban J connectivity index is 2.04. The molecule has 0 heterocycles. The van der Waals surface area contributed by atoms with Crippen LogP contribution in [0.3, 0.4) is 0 Å². The van der Waals surface area contributed by atoms with Gasteiger partial charge < -0.3 is 19.5 Å². The fourth-order valence-corrected chi connectivity index (χ4v) is 2.84. The first kappa shape index (κ1) is 16.1. The molecular weight excluding hydrogens is 358 g/mol. The average Bonchev–Trinajstić information content (AvgIpc) is 2.60. The van der Waals surface area contributed by atoms with Gasteiger partial charge in [-0.2, -0.15) is 0 Å². The van der Waals surface area contributed by atoms with Crippen molar-refractivity contribution in [1.29, 1.82) is 0 Å². The topological polar surface area (TPSA) is 39.7 Å². The Morgan fingerprint density at radius 3 is 2.35 bits per heavy atom. The van der Waals surface area contributed by atoms with Crippen molar-refractivity contribution in [2.24, 2.45) is 0 Å². The number of ether oxygens (including phenoxy) is 3. The van der Waals surface area contributed by atoms with Gasteiger partial charge in [0.15, 0.2) is 0 Å². The summed E-state index contributed by atoms with van der Waals surface area (Å²) in [6.07, 6.45) is 0.686. The van der Waals surface area contributed by atoms with Crippen LogP contribution in [-0.4, -0.2) is 27.9 Å².